The van der Waals surface area contributed by atoms with E-state index < -0.39 is 0 Å². The summed E-state index contributed by atoms with van der Waals surface area (Å²) in [5, 5.41) is 9.36. The average Bonchev–Trinajstić information content (AvgIpc) is 2.77. The van der Waals surface area contributed by atoms with Crippen molar-refractivity contribution in [2.24, 2.45) is 5.92 Å². The Hall–Kier alpha value is -2.91. The summed E-state index contributed by atoms with van der Waals surface area (Å²) in [6.07, 6.45) is 2.41. The minimum absolute atomic E-state index is 0.0423. The van der Waals surface area contributed by atoms with Crippen molar-refractivity contribution in [1.29, 1.82) is 5.26 Å². The highest BCUT2D eigenvalue weighted by Crippen LogP contribution is 2.34. The number of likely N-dealkylation sites (tertiary alicyclic amines) is 1. The van der Waals surface area contributed by atoms with E-state index in [1.54, 1.807) is 12.1 Å². The van der Waals surface area contributed by atoms with Crippen LogP contribution in [0.2, 0.25) is 0 Å². The zero-order valence-corrected chi connectivity index (χ0v) is 16.8. The number of carbonyl (C=O) groups is 1. The van der Waals surface area contributed by atoms with Crippen LogP contribution in [0.4, 0.5) is 4.39 Å². The van der Waals surface area contributed by atoms with Crippen molar-refractivity contribution in [3.8, 4) is 17.6 Å². The van der Waals surface area contributed by atoms with Gasteiger partial charge in [0, 0.05) is 18.0 Å². The molecule has 0 bridgehead atoms. The van der Waals surface area contributed by atoms with Crippen LogP contribution in [-0.2, 0) is 6.42 Å². The van der Waals surface area contributed by atoms with E-state index in [0.717, 1.165) is 44.5 Å². The zero-order valence-electron chi connectivity index (χ0n) is 16.8. The van der Waals surface area contributed by atoms with Crippen molar-refractivity contribution in [2.75, 3.05) is 33.9 Å². The smallest absolute Gasteiger partial charge is 0.178 e. The lowest BCUT2D eigenvalue weighted by Crippen LogP contribution is -2.37. The lowest BCUT2D eigenvalue weighted by Gasteiger charge is -2.31. The molecule has 1 aliphatic rings. The van der Waals surface area contributed by atoms with Crippen molar-refractivity contribution in [2.45, 2.75) is 19.3 Å². The summed E-state index contributed by atoms with van der Waals surface area (Å²) in [7, 11) is 2.97. The fourth-order valence-electron chi connectivity index (χ4n) is 3.78. The van der Waals surface area contributed by atoms with Gasteiger partial charge in [-0.05, 0) is 62.2 Å². The molecule has 1 fully saturated rings. The van der Waals surface area contributed by atoms with Gasteiger partial charge in [-0.3, -0.25) is 4.79 Å². The van der Waals surface area contributed by atoms with Gasteiger partial charge in [0.2, 0.25) is 0 Å². The lowest BCUT2D eigenvalue weighted by molar-refractivity contribution is 0.0840. The van der Waals surface area contributed by atoms with Gasteiger partial charge in [-0.25, -0.2) is 4.39 Å². The Morgan fingerprint density at radius 3 is 2.45 bits per heavy atom. The van der Waals surface area contributed by atoms with Gasteiger partial charge in [-0.1, -0.05) is 12.1 Å². The number of halogens is 1. The van der Waals surface area contributed by atoms with Crippen LogP contribution in [0.1, 0.15) is 34.3 Å². The van der Waals surface area contributed by atoms with E-state index in [1.807, 2.05) is 12.1 Å². The molecule has 1 heterocycles. The first kappa shape index (κ1) is 20.8. The third-order valence-electron chi connectivity index (χ3n) is 5.47. The molecule has 0 N–H and O–H groups in total. The molecule has 0 aliphatic carbocycles. The van der Waals surface area contributed by atoms with Crippen molar-refractivity contribution < 1.29 is 18.7 Å². The van der Waals surface area contributed by atoms with E-state index in [9.17, 15) is 14.4 Å². The quantitative estimate of drug-likeness (QED) is 0.665. The number of rotatable bonds is 7. The normalized spacial score (nSPS) is 15.0. The summed E-state index contributed by atoms with van der Waals surface area (Å²) in [4.78, 5) is 15.3. The van der Waals surface area contributed by atoms with E-state index in [4.69, 9.17) is 9.47 Å². The van der Waals surface area contributed by atoms with Crippen molar-refractivity contribution in [3.05, 3.63) is 58.9 Å². The number of carbonyl (C=O) groups excluding carboxylic acids is 1. The Bertz CT molecular complexity index is 898. The molecule has 0 atom stereocenters. The average molecular weight is 396 g/mol. The fourth-order valence-corrected chi connectivity index (χ4v) is 3.78. The molecule has 6 heteroatoms. The first-order chi connectivity index (χ1) is 14.0. The van der Waals surface area contributed by atoms with E-state index in [-0.39, 0.29) is 17.5 Å². The van der Waals surface area contributed by atoms with Crippen LogP contribution in [0.15, 0.2) is 36.4 Å². The predicted molar refractivity (Wildman–Crippen MR) is 108 cm³/mol. The van der Waals surface area contributed by atoms with E-state index in [0.29, 0.717) is 22.6 Å². The van der Waals surface area contributed by atoms with Gasteiger partial charge in [0.05, 0.1) is 19.8 Å². The Kier molecular flexibility index (Phi) is 6.84. The molecule has 0 radical (unpaired) electrons. The summed E-state index contributed by atoms with van der Waals surface area (Å²) in [6, 6.07) is 11.9. The summed E-state index contributed by atoms with van der Waals surface area (Å²) in [5.74, 6) is 0.499. The summed E-state index contributed by atoms with van der Waals surface area (Å²) in [5.41, 5.74) is 1.90. The van der Waals surface area contributed by atoms with Crippen molar-refractivity contribution >= 4 is 5.78 Å². The minimum Gasteiger partial charge on any atom is -0.493 e. The maximum Gasteiger partial charge on any atom is 0.178 e. The molecule has 0 spiro atoms. The van der Waals surface area contributed by atoms with Gasteiger partial charge in [0.25, 0.3) is 0 Å². The maximum atomic E-state index is 13.0. The van der Waals surface area contributed by atoms with Crippen LogP contribution in [0.3, 0.4) is 0 Å². The molecule has 3 rings (SSSR count). The first-order valence-corrected chi connectivity index (χ1v) is 9.72. The van der Waals surface area contributed by atoms with Gasteiger partial charge in [0.1, 0.15) is 11.9 Å². The highest BCUT2D eigenvalue weighted by Gasteiger charge is 2.27. The highest BCUT2D eigenvalue weighted by atomic mass is 19.1. The molecule has 0 amide bonds. The highest BCUT2D eigenvalue weighted by molar-refractivity contribution is 5.99. The molecule has 152 valence electrons. The number of nitriles is 1. The van der Waals surface area contributed by atoms with Crippen LogP contribution in [-0.4, -0.2) is 44.5 Å². The van der Waals surface area contributed by atoms with Crippen LogP contribution in [0, 0.1) is 23.1 Å². The number of Topliss-reactive ketones (excluding diaryl/α,β-unsaturated/α-hetero) is 1. The minimum atomic E-state index is -0.220. The molecule has 5 nitrogen and oxygen atoms in total. The summed E-state index contributed by atoms with van der Waals surface area (Å²) < 4.78 is 23.5. The molecule has 1 aliphatic heterocycles. The number of piperidine rings is 1. The third-order valence-corrected chi connectivity index (χ3v) is 5.47. The Labute approximate surface area is 170 Å². The van der Waals surface area contributed by atoms with Gasteiger partial charge in [-0.2, -0.15) is 5.26 Å². The fraction of sp³-hybridized carbons (Fsp3) is 0.391. The molecule has 0 unspecified atom stereocenters. The molecule has 2 aromatic rings. The summed E-state index contributed by atoms with van der Waals surface area (Å²) >= 11 is 0. The topological polar surface area (TPSA) is 62.6 Å². The number of nitrogens with zero attached hydrogens (tertiary/aromatic N) is 2. The second-order valence-electron chi connectivity index (χ2n) is 7.23. The van der Waals surface area contributed by atoms with Crippen LogP contribution in [0.25, 0.3) is 0 Å². The van der Waals surface area contributed by atoms with Gasteiger partial charge in [0.15, 0.2) is 17.3 Å². The number of ketones is 1. The molecule has 2 aromatic carbocycles. The SMILES string of the molecule is COc1cc(C(=O)C2CCN(CCc3ccc(F)cc3)CC2)cc(C#N)c1OC. The van der Waals surface area contributed by atoms with Gasteiger partial charge >= 0.3 is 0 Å². The predicted octanol–water partition coefficient (Wildman–Crippen LogP) is 3.85. The van der Waals surface area contributed by atoms with Crippen molar-refractivity contribution in [1.82, 2.24) is 4.90 Å². The van der Waals surface area contributed by atoms with E-state index in [2.05, 4.69) is 11.0 Å². The number of hydrogen-bond acceptors (Lipinski definition) is 5. The van der Waals surface area contributed by atoms with Gasteiger partial charge in [-0.15, -0.1) is 0 Å². The van der Waals surface area contributed by atoms with Gasteiger partial charge < -0.3 is 14.4 Å². The second-order valence-corrected chi connectivity index (χ2v) is 7.23. The Morgan fingerprint density at radius 1 is 1.17 bits per heavy atom. The van der Waals surface area contributed by atoms with E-state index in [1.165, 1.54) is 26.4 Å². The Balaban J connectivity index is 1.60. The second kappa shape index (κ2) is 9.53. The van der Waals surface area contributed by atoms with Crippen LogP contribution >= 0.6 is 0 Å². The lowest BCUT2D eigenvalue weighted by atomic mass is 9.88. The third kappa shape index (κ3) is 4.93. The number of hydrogen-bond donors (Lipinski definition) is 0. The largest absolute Gasteiger partial charge is 0.493 e. The summed E-state index contributed by atoms with van der Waals surface area (Å²) in [6.45, 7) is 2.58. The standard InChI is InChI=1S/C23H25FN2O3/c1-28-21-14-18(13-19(15-25)23(21)29-2)22(27)17-8-11-26(12-9-17)10-7-16-3-5-20(24)6-4-16/h3-6,13-14,17H,7-12H2,1-2H3. The molecular weight excluding hydrogens is 371 g/mol. The molecular formula is C23H25FN2O3. The van der Waals surface area contributed by atoms with Crippen LogP contribution in [0.5, 0.6) is 11.5 Å². The molecule has 0 saturated carbocycles. The number of ether oxygens (including phenoxy) is 2. The number of benzene rings is 2. The first-order valence-electron chi connectivity index (χ1n) is 9.72. The van der Waals surface area contributed by atoms with Crippen LogP contribution < -0.4 is 9.47 Å². The molecule has 0 aromatic heterocycles. The van der Waals surface area contributed by atoms with Crippen molar-refractivity contribution in [3.63, 3.8) is 0 Å². The Morgan fingerprint density at radius 2 is 1.86 bits per heavy atom. The molecule has 29 heavy (non-hydrogen) atoms. The monoisotopic (exact) mass is 396 g/mol. The zero-order chi connectivity index (χ0) is 20.8. The number of methoxy groups -OCH3 is 2. The maximum absolute atomic E-state index is 13.0. The van der Waals surface area contributed by atoms with E-state index >= 15 is 0 Å². The molecule has 1 saturated heterocycles.